The summed E-state index contributed by atoms with van der Waals surface area (Å²) in [4.78, 5) is 13.3. The molecule has 0 amide bonds. The van der Waals surface area contributed by atoms with Crippen molar-refractivity contribution in [1.29, 1.82) is 0 Å². The Morgan fingerprint density at radius 1 is 1.75 bits per heavy atom. The number of aromatic amines is 1. The lowest BCUT2D eigenvalue weighted by Gasteiger charge is -1.98. The molecular formula is C7H10N2O2S. The molecule has 4 nitrogen and oxygen atoms in total. The number of hydrogen-bond acceptors (Lipinski definition) is 2. The van der Waals surface area contributed by atoms with Crippen LogP contribution in [0.25, 0.3) is 0 Å². The highest BCUT2D eigenvalue weighted by Crippen LogP contribution is 2.08. The molecule has 66 valence electrons. The predicted molar refractivity (Wildman–Crippen MR) is 46.9 cm³/mol. The van der Waals surface area contributed by atoms with Crippen molar-refractivity contribution in [2.24, 2.45) is 7.05 Å². The van der Waals surface area contributed by atoms with Crippen molar-refractivity contribution >= 4 is 18.2 Å². The van der Waals surface area contributed by atoms with E-state index in [0.717, 1.165) is 5.69 Å². The van der Waals surface area contributed by atoms with Crippen LogP contribution in [0, 0.1) is 4.77 Å². The molecule has 0 radical (unpaired) electrons. The molecule has 0 atom stereocenters. The Morgan fingerprint density at radius 2 is 2.33 bits per heavy atom. The Hall–Kier alpha value is -1.10. The third kappa shape index (κ3) is 1.27. The van der Waals surface area contributed by atoms with E-state index in [1.54, 1.807) is 11.6 Å². The van der Waals surface area contributed by atoms with Gasteiger partial charge in [-0.2, -0.15) is 0 Å². The number of carbonyl (C=O) groups is 1. The highest BCUT2D eigenvalue weighted by Gasteiger charge is 2.13. The van der Waals surface area contributed by atoms with Crippen LogP contribution in [-0.4, -0.2) is 20.6 Å². The van der Waals surface area contributed by atoms with Gasteiger partial charge in [0.05, 0.1) is 5.69 Å². The lowest BCUT2D eigenvalue weighted by Crippen LogP contribution is -2.03. The Balaban J connectivity index is 3.39. The highest BCUT2D eigenvalue weighted by molar-refractivity contribution is 7.71. The number of nitrogens with zero attached hydrogens (tertiary/aromatic N) is 1. The van der Waals surface area contributed by atoms with Gasteiger partial charge in [-0.15, -0.1) is 0 Å². The van der Waals surface area contributed by atoms with E-state index in [9.17, 15) is 4.79 Å². The minimum Gasteiger partial charge on any atom is -0.477 e. The summed E-state index contributed by atoms with van der Waals surface area (Å²) in [6.45, 7) is 1.89. The maximum absolute atomic E-state index is 10.7. The van der Waals surface area contributed by atoms with E-state index >= 15 is 0 Å². The van der Waals surface area contributed by atoms with Crippen LogP contribution in [0.15, 0.2) is 0 Å². The molecular weight excluding hydrogens is 176 g/mol. The van der Waals surface area contributed by atoms with Crippen molar-refractivity contribution < 1.29 is 9.90 Å². The summed E-state index contributed by atoms with van der Waals surface area (Å²) in [5, 5.41) is 8.74. The lowest BCUT2D eigenvalue weighted by molar-refractivity contribution is 0.0689. The van der Waals surface area contributed by atoms with E-state index in [0.29, 0.717) is 11.2 Å². The summed E-state index contributed by atoms with van der Waals surface area (Å²) in [5.41, 5.74) is 0.928. The van der Waals surface area contributed by atoms with E-state index in [1.165, 1.54) is 0 Å². The first-order valence-electron chi connectivity index (χ1n) is 3.59. The van der Waals surface area contributed by atoms with Gasteiger partial charge in [-0.3, -0.25) is 0 Å². The predicted octanol–water partition coefficient (Wildman–Crippen LogP) is 1.34. The number of hydrogen-bond donors (Lipinski definition) is 2. The zero-order chi connectivity index (χ0) is 9.30. The minimum atomic E-state index is -0.960. The third-order valence-corrected chi connectivity index (χ3v) is 2.15. The number of carboxylic acid groups (broad SMARTS) is 1. The van der Waals surface area contributed by atoms with Crippen molar-refractivity contribution in [1.82, 2.24) is 9.55 Å². The molecule has 0 aliphatic rings. The van der Waals surface area contributed by atoms with Crippen LogP contribution < -0.4 is 0 Å². The van der Waals surface area contributed by atoms with Gasteiger partial charge < -0.3 is 14.7 Å². The quantitative estimate of drug-likeness (QED) is 0.685. The van der Waals surface area contributed by atoms with E-state index in [-0.39, 0.29) is 5.69 Å². The van der Waals surface area contributed by atoms with Crippen LogP contribution in [0.3, 0.4) is 0 Å². The Labute approximate surface area is 74.8 Å². The largest absolute Gasteiger partial charge is 0.477 e. The van der Waals surface area contributed by atoms with E-state index < -0.39 is 5.97 Å². The molecule has 1 aromatic rings. The second-order valence-corrected chi connectivity index (χ2v) is 2.86. The second kappa shape index (κ2) is 3.10. The first kappa shape index (κ1) is 8.99. The molecule has 12 heavy (non-hydrogen) atoms. The zero-order valence-electron chi connectivity index (χ0n) is 6.92. The van der Waals surface area contributed by atoms with Gasteiger partial charge in [-0.05, 0) is 18.6 Å². The van der Waals surface area contributed by atoms with Crippen LogP contribution in [0.2, 0.25) is 0 Å². The number of rotatable bonds is 2. The van der Waals surface area contributed by atoms with Gasteiger partial charge in [-0.1, -0.05) is 6.92 Å². The summed E-state index contributed by atoms with van der Waals surface area (Å²) >= 11 is 4.89. The molecule has 0 aliphatic carbocycles. The number of carboxylic acids is 1. The molecule has 2 N–H and O–H groups in total. The van der Waals surface area contributed by atoms with Crippen LogP contribution >= 0.6 is 12.2 Å². The molecule has 0 saturated heterocycles. The van der Waals surface area contributed by atoms with Crippen LogP contribution in [0.5, 0.6) is 0 Å². The minimum absolute atomic E-state index is 0.199. The average Bonchev–Trinajstić information content (AvgIpc) is 2.29. The fourth-order valence-electron chi connectivity index (χ4n) is 1.14. The Bertz CT molecular complexity index is 364. The average molecular weight is 186 g/mol. The fourth-order valence-corrected chi connectivity index (χ4v) is 1.36. The molecule has 5 heteroatoms. The Kier molecular flexibility index (Phi) is 2.32. The van der Waals surface area contributed by atoms with Gasteiger partial charge in [0.2, 0.25) is 0 Å². The summed E-state index contributed by atoms with van der Waals surface area (Å²) < 4.78 is 2.13. The number of nitrogens with one attached hydrogen (secondary N) is 1. The van der Waals surface area contributed by atoms with Crippen molar-refractivity contribution in [3.8, 4) is 0 Å². The monoisotopic (exact) mass is 186 g/mol. The summed E-state index contributed by atoms with van der Waals surface area (Å²) in [6, 6.07) is 0. The topological polar surface area (TPSA) is 58.0 Å². The van der Waals surface area contributed by atoms with Gasteiger partial charge >= 0.3 is 5.97 Å². The van der Waals surface area contributed by atoms with Crippen molar-refractivity contribution in [3.63, 3.8) is 0 Å². The van der Waals surface area contributed by atoms with Gasteiger partial charge in [0.15, 0.2) is 4.77 Å². The lowest BCUT2D eigenvalue weighted by atomic mass is 10.2. The fraction of sp³-hybridized carbons (Fsp3) is 0.429. The molecule has 1 rings (SSSR count). The maximum atomic E-state index is 10.7. The van der Waals surface area contributed by atoms with Crippen LogP contribution in [0.1, 0.15) is 23.1 Å². The summed E-state index contributed by atoms with van der Waals surface area (Å²) in [7, 11) is 1.75. The van der Waals surface area contributed by atoms with Crippen molar-refractivity contribution in [2.45, 2.75) is 13.3 Å². The normalized spacial score (nSPS) is 10.2. The highest BCUT2D eigenvalue weighted by atomic mass is 32.1. The maximum Gasteiger partial charge on any atom is 0.354 e. The van der Waals surface area contributed by atoms with Crippen molar-refractivity contribution in [2.75, 3.05) is 0 Å². The zero-order valence-corrected chi connectivity index (χ0v) is 7.73. The number of aromatic nitrogens is 2. The summed E-state index contributed by atoms with van der Waals surface area (Å²) in [5.74, 6) is -0.960. The number of imidazole rings is 1. The first-order valence-corrected chi connectivity index (χ1v) is 4.00. The number of aromatic carboxylic acids is 1. The van der Waals surface area contributed by atoms with Gasteiger partial charge in [-0.25, -0.2) is 4.79 Å². The smallest absolute Gasteiger partial charge is 0.354 e. The van der Waals surface area contributed by atoms with Gasteiger partial charge in [0, 0.05) is 7.05 Å². The molecule has 0 spiro atoms. The molecule has 0 bridgehead atoms. The van der Waals surface area contributed by atoms with Crippen LogP contribution in [-0.2, 0) is 13.5 Å². The van der Waals surface area contributed by atoms with Gasteiger partial charge in [0.25, 0.3) is 0 Å². The Morgan fingerprint density at radius 3 is 2.67 bits per heavy atom. The van der Waals surface area contributed by atoms with E-state index in [2.05, 4.69) is 4.98 Å². The molecule has 0 aromatic carbocycles. The molecule has 0 unspecified atom stereocenters. The summed E-state index contributed by atoms with van der Waals surface area (Å²) in [6.07, 6.45) is 0.658. The van der Waals surface area contributed by atoms with Gasteiger partial charge in [0.1, 0.15) is 5.69 Å². The van der Waals surface area contributed by atoms with E-state index in [1.807, 2.05) is 6.92 Å². The standard InChI is InChI=1S/C7H10N2O2S/c1-3-4-5(6(10)11)8-7(12)9(4)2/h3H2,1-2H3,(H,8,12)(H,10,11). The molecule has 0 saturated carbocycles. The molecule has 0 aliphatic heterocycles. The third-order valence-electron chi connectivity index (χ3n) is 1.78. The molecule has 1 aromatic heterocycles. The number of H-pyrrole nitrogens is 1. The molecule has 0 fully saturated rings. The SMILES string of the molecule is CCc1c(C(=O)O)[nH]c(=S)n1C. The first-order chi connectivity index (χ1) is 5.57. The molecule has 1 heterocycles. The van der Waals surface area contributed by atoms with Crippen molar-refractivity contribution in [3.05, 3.63) is 16.2 Å². The van der Waals surface area contributed by atoms with E-state index in [4.69, 9.17) is 17.3 Å². The van der Waals surface area contributed by atoms with Crippen LogP contribution in [0.4, 0.5) is 0 Å². The second-order valence-electron chi connectivity index (χ2n) is 2.47.